The Morgan fingerprint density at radius 3 is 2.06 bits per heavy atom. The molecule has 0 spiro atoms. The Hall–Kier alpha value is -2.05. The third-order valence-corrected chi connectivity index (χ3v) is 20.1. The fourth-order valence-electron chi connectivity index (χ4n) is 10.2. The summed E-state index contributed by atoms with van der Waals surface area (Å²) in [4.78, 5) is 42.0. The van der Waals surface area contributed by atoms with Crippen LogP contribution in [-0.4, -0.2) is 190 Å². The van der Waals surface area contributed by atoms with E-state index in [4.69, 9.17) is 47.1 Å². The number of ether oxygens (including phenoxy) is 9. The zero-order valence-corrected chi connectivity index (χ0v) is 46.6. The summed E-state index contributed by atoms with van der Waals surface area (Å²) in [5.41, 5.74) is -0.781. The van der Waals surface area contributed by atoms with Gasteiger partial charge in [0, 0.05) is 44.8 Å². The van der Waals surface area contributed by atoms with Crippen LogP contribution in [-0.2, 0) is 61.4 Å². The quantitative estimate of drug-likeness (QED) is 0.0976. The molecule has 3 fully saturated rings. The summed E-state index contributed by atoms with van der Waals surface area (Å²) in [6.07, 6.45) is -7.16. The molecule has 4 rings (SSSR count). The molecule has 0 bridgehead atoms. The number of carbonyl (C=O) groups excluding carboxylic acids is 3. The molecule has 4 heterocycles. The van der Waals surface area contributed by atoms with Crippen LogP contribution >= 0.6 is 0 Å². The van der Waals surface area contributed by atoms with E-state index in [1.165, 1.54) is 13.0 Å². The monoisotopic (exact) mass is 1030 g/mol. The van der Waals surface area contributed by atoms with Crippen molar-refractivity contribution in [3.63, 3.8) is 0 Å². The van der Waals surface area contributed by atoms with Crippen LogP contribution in [0.15, 0.2) is 23.8 Å². The van der Waals surface area contributed by atoms with Crippen molar-refractivity contribution in [3.05, 3.63) is 23.8 Å². The van der Waals surface area contributed by atoms with Crippen LogP contribution in [0.3, 0.4) is 0 Å². The maximum absolute atomic E-state index is 14.0. The summed E-state index contributed by atoms with van der Waals surface area (Å²) in [7, 11) is 4.46. The van der Waals surface area contributed by atoms with Crippen molar-refractivity contribution in [2.45, 2.75) is 230 Å². The number of hydrogen-bond acceptors (Lipinski definition) is 18. The largest absolute Gasteiger partial charge is 0.462 e. The average molecular weight is 1030 g/mol. The summed E-state index contributed by atoms with van der Waals surface area (Å²) < 4.78 is 63.4. The van der Waals surface area contributed by atoms with Crippen molar-refractivity contribution < 1.29 is 81.9 Å². The van der Waals surface area contributed by atoms with Crippen LogP contribution in [0, 0.1) is 23.7 Å². The first kappa shape index (κ1) is 61.5. The van der Waals surface area contributed by atoms with Gasteiger partial charge in [-0.25, -0.2) is 0 Å². The number of allylic oxidation sites excluding steroid dienone is 3. The molecule has 0 amide bonds. The Bertz CT molecular complexity index is 1770. The molecule has 0 radical (unpaired) electrons. The first-order valence-corrected chi connectivity index (χ1v) is 28.5. The highest BCUT2D eigenvalue weighted by Crippen LogP contribution is 2.41. The van der Waals surface area contributed by atoms with Gasteiger partial charge >= 0.3 is 5.97 Å². The second-order valence-corrected chi connectivity index (χ2v) is 27.4. The van der Waals surface area contributed by atoms with Gasteiger partial charge in [0.1, 0.15) is 42.9 Å². The van der Waals surface area contributed by atoms with Crippen LogP contribution in [0.25, 0.3) is 0 Å². The van der Waals surface area contributed by atoms with Crippen molar-refractivity contribution in [1.29, 1.82) is 0 Å². The van der Waals surface area contributed by atoms with Gasteiger partial charge in [-0.2, -0.15) is 0 Å². The first-order chi connectivity index (χ1) is 33.0. The van der Waals surface area contributed by atoms with Crippen molar-refractivity contribution in [2.24, 2.45) is 23.7 Å². The summed E-state index contributed by atoms with van der Waals surface area (Å²) in [6.45, 7) is 24.9. The minimum Gasteiger partial charge on any atom is -0.462 e. The molecule has 410 valence electrons. The molecule has 21 atom stereocenters. The summed E-state index contributed by atoms with van der Waals surface area (Å²) in [6, 6.07) is -0.747. The number of aliphatic hydroxyl groups is 4. The SMILES string of the molecule is CC[C@H]1OC(=O)C[C@@H](O)[C@H](C)[C@@H](O[C@@H]2O[C@H](C)[C@@H](O[C@H]3C[C@@](C)(O)[C@@H](O)[C@H](C)O3)[C@H](N(C)C)[C@H]2O)[C@@H](CC=O)C[C@@H](C)C(=O)/C=C/C(C)=C/[C@@H]1CO[C@@H]1O[C@H](C)[C@@H](O[Si](C)(C)C(C)(C)C)[C@@H](OC)[C@H]1OC. The maximum Gasteiger partial charge on any atom is 0.308 e. The summed E-state index contributed by atoms with van der Waals surface area (Å²) >= 11 is 0. The molecule has 4 aliphatic rings. The van der Waals surface area contributed by atoms with Crippen LogP contribution in [0.2, 0.25) is 18.1 Å². The Labute approximate surface area is 424 Å². The fourth-order valence-corrected chi connectivity index (χ4v) is 11.5. The van der Waals surface area contributed by atoms with Gasteiger partial charge in [0.2, 0.25) is 0 Å². The first-order valence-electron chi connectivity index (χ1n) is 25.6. The topological polar surface area (TPSA) is 228 Å². The third kappa shape index (κ3) is 15.5. The Morgan fingerprint density at radius 2 is 1.49 bits per heavy atom. The smallest absolute Gasteiger partial charge is 0.308 e. The highest BCUT2D eigenvalue weighted by molar-refractivity contribution is 6.74. The zero-order chi connectivity index (χ0) is 53.5. The minimum absolute atomic E-state index is 0.0315. The van der Waals surface area contributed by atoms with Gasteiger partial charge < -0.3 is 77.2 Å². The van der Waals surface area contributed by atoms with Crippen LogP contribution in [0.1, 0.15) is 108 Å². The predicted molar refractivity (Wildman–Crippen MR) is 266 cm³/mol. The maximum atomic E-state index is 14.0. The van der Waals surface area contributed by atoms with Gasteiger partial charge in [0.25, 0.3) is 0 Å². The predicted octanol–water partition coefficient (Wildman–Crippen LogP) is 4.86. The molecule has 0 aromatic rings. The van der Waals surface area contributed by atoms with Gasteiger partial charge in [-0.1, -0.05) is 59.3 Å². The van der Waals surface area contributed by atoms with Crippen LogP contribution < -0.4 is 0 Å². The normalized spacial score (nSPS) is 43.1. The molecule has 0 saturated carbocycles. The van der Waals surface area contributed by atoms with Crippen LogP contribution in [0.4, 0.5) is 0 Å². The summed E-state index contributed by atoms with van der Waals surface area (Å²) in [5.74, 6) is -3.53. The standard InChI is InChI=1S/C52H91NO17Si/c1-18-38-35(27-63-50-47(62-15)46(61-14)45(32(6)66-50)70-71(16,17)51(8,9)10)23-28(2)19-20-36(55)29(3)24-34(21-22-54)43(30(4)37(56)25-39(57)67-38)69-49-42(58)41(53(12)13)44(31(5)65-49)68-40-26-52(11,60)48(59)33(7)64-40/h19-20,22-23,29-35,37-38,40-50,56,58-60H,18,21,24-27H2,1-17H3/b20-19+,28-23+/t29-,30+,31-,32-,33+,34+,35-,37-,38-,40+,41-,42-,43-,44-,45-,46-,47-,48+,49+,50-,52-/m1/s1. The van der Waals surface area contributed by atoms with E-state index in [2.05, 4.69) is 33.9 Å². The average Bonchev–Trinajstić information content (AvgIpc) is 3.27. The second kappa shape index (κ2) is 26.1. The number of aldehydes is 1. The van der Waals surface area contributed by atoms with E-state index in [1.807, 2.05) is 26.8 Å². The van der Waals surface area contributed by atoms with E-state index < -0.39 is 148 Å². The van der Waals surface area contributed by atoms with Crippen molar-refractivity contribution in [1.82, 2.24) is 4.90 Å². The van der Waals surface area contributed by atoms with E-state index in [0.29, 0.717) is 12.0 Å². The number of ketones is 1. The number of hydrogen-bond donors (Lipinski definition) is 4. The highest BCUT2D eigenvalue weighted by atomic mass is 28.4. The molecule has 0 aromatic carbocycles. The van der Waals surface area contributed by atoms with Crippen LogP contribution in [0.5, 0.6) is 0 Å². The van der Waals surface area contributed by atoms with E-state index in [0.717, 1.165) is 6.29 Å². The lowest BCUT2D eigenvalue weighted by atomic mass is 9.79. The molecule has 4 aliphatic heterocycles. The number of likely N-dealkylation sites (N-methyl/N-ethyl adjacent to an activating group) is 1. The van der Waals surface area contributed by atoms with Gasteiger partial charge in [0.15, 0.2) is 33.0 Å². The van der Waals surface area contributed by atoms with Gasteiger partial charge in [-0.05, 0) is 91.7 Å². The van der Waals surface area contributed by atoms with E-state index in [9.17, 15) is 34.8 Å². The molecule has 0 unspecified atom stereocenters. The Kier molecular flexibility index (Phi) is 22.6. The molecular weight excluding hydrogens is 939 g/mol. The Balaban J connectivity index is 1.61. The van der Waals surface area contributed by atoms with E-state index in [1.54, 1.807) is 67.0 Å². The number of nitrogens with zero attached hydrogens (tertiary/aromatic N) is 1. The van der Waals surface area contributed by atoms with E-state index in [-0.39, 0.29) is 36.7 Å². The van der Waals surface area contributed by atoms with Crippen molar-refractivity contribution in [2.75, 3.05) is 34.9 Å². The molecule has 0 aliphatic carbocycles. The number of rotatable bonds is 15. The Morgan fingerprint density at radius 1 is 0.873 bits per heavy atom. The lowest BCUT2D eigenvalue weighted by Gasteiger charge is -2.50. The van der Waals surface area contributed by atoms with E-state index >= 15 is 0 Å². The van der Waals surface area contributed by atoms with Gasteiger partial charge in [-0.15, -0.1) is 0 Å². The number of methoxy groups -OCH3 is 2. The van der Waals surface area contributed by atoms with Gasteiger partial charge in [-0.3, -0.25) is 9.59 Å². The molecular formula is C52H91NO17Si. The number of carbonyl (C=O) groups is 3. The molecule has 18 nitrogen and oxygen atoms in total. The zero-order valence-electron chi connectivity index (χ0n) is 45.6. The number of cyclic esters (lactones) is 1. The lowest BCUT2D eigenvalue weighted by molar-refractivity contribution is -0.341. The molecule has 4 N–H and O–H groups in total. The van der Waals surface area contributed by atoms with Crippen molar-refractivity contribution >= 4 is 26.4 Å². The third-order valence-electron chi connectivity index (χ3n) is 15.6. The number of esters is 1. The summed E-state index contributed by atoms with van der Waals surface area (Å²) in [5, 5.41) is 45.3. The second-order valence-electron chi connectivity index (χ2n) is 22.6. The molecule has 19 heteroatoms. The minimum atomic E-state index is -2.26. The molecule has 71 heavy (non-hydrogen) atoms. The fraction of sp³-hybridized carbons (Fsp3) is 0.865. The molecule has 3 saturated heterocycles. The highest BCUT2D eigenvalue weighted by Gasteiger charge is 2.53. The number of aliphatic hydroxyl groups excluding tert-OH is 3. The molecule has 0 aromatic heterocycles. The lowest BCUT2D eigenvalue weighted by Crippen LogP contribution is -2.65. The van der Waals surface area contributed by atoms with Gasteiger partial charge in [0.05, 0.1) is 61.3 Å². The van der Waals surface area contributed by atoms with Crippen molar-refractivity contribution in [3.8, 4) is 0 Å².